The fraction of sp³-hybridized carbons (Fsp3) is 0.500. The fourth-order valence-electron chi connectivity index (χ4n) is 2.74. The van der Waals surface area contributed by atoms with Crippen LogP contribution in [0, 0.1) is 0 Å². The van der Waals surface area contributed by atoms with Gasteiger partial charge in [0.05, 0.1) is 36.4 Å². The van der Waals surface area contributed by atoms with Gasteiger partial charge in [0.1, 0.15) is 5.82 Å². The Morgan fingerprint density at radius 1 is 1.50 bits per heavy atom. The van der Waals surface area contributed by atoms with E-state index in [1.165, 1.54) is 0 Å². The molecule has 0 bridgehead atoms. The third kappa shape index (κ3) is 2.77. The summed E-state index contributed by atoms with van der Waals surface area (Å²) in [6, 6.07) is 5.67. The molecule has 3 rings (SSSR count). The minimum Gasteiger partial charge on any atom is -0.399 e. The van der Waals surface area contributed by atoms with Crippen molar-refractivity contribution in [2.75, 3.05) is 25.4 Å². The van der Waals surface area contributed by atoms with Gasteiger partial charge in [-0.25, -0.2) is 4.98 Å². The molecule has 1 aliphatic rings. The third-order valence-corrected chi connectivity index (χ3v) is 3.53. The van der Waals surface area contributed by atoms with E-state index in [9.17, 15) is 5.11 Å². The van der Waals surface area contributed by atoms with Gasteiger partial charge in [0, 0.05) is 18.8 Å². The van der Waals surface area contributed by atoms with Crippen LogP contribution in [0.25, 0.3) is 11.0 Å². The predicted octanol–water partition coefficient (Wildman–Crippen LogP) is 0.727. The molecule has 1 fully saturated rings. The van der Waals surface area contributed by atoms with Crippen molar-refractivity contribution in [1.82, 2.24) is 14.9 Å². The SMILES string of the molecule is CC1CN(Cc2nc3ccc(N)cc3[nH]2)CC(CO)O1. The number of benzene rings is 1. The van der Waals surface area contributed by atoms with E-state index in [1.54, 1.807) is 0 Å². The van der Waals surface area contributed by atoms with Gasteiger partial charge in [-0.15, -0.1) is 0 Å². The monoisotopic (exact) mass is 276 g/mol. The standard InChI is InChI=1S/C14H20N4O2/c1-9-5-18(6-11(8-19)20-9)7-14-16-12-3-2-10(15)4-13(12)17-14/h2-4,9,11,19H,5-8,15H2,1H3,(H,16,17). The number of aromatic nitrogens is 2. The zero-order valence-electron chi connectivity index (χ0n) is 11.5. The smallest absolute Gasteiger partial charge is 0.121 e. The van der Waals surface area contributed by atoms with Gasteiger partial charge in [-0.05, 0) is 25.1 Å². The maximum absolute atomic E-state index is 9.25. The van der Waals surface area contributed by atoms with Crippen LogP contribution in [0.4, 0.5) is 5.69 Å². The fourth-order valence-corrected chi connectivity index (χ4v) is 2.74. The number of fused-ring (bicyclic) bond motifs is 1. The highest BCUT2D eigenvalue weighted by Crippen LogP contribution is 2.17. The van der Waals surface area contributed by atoms with Gasteiger partial charge in [-0.2, -0.15) is 0 Å². The molecule has 0 saturated carbocycles. The Hall–Kier alpha value is -1.63. The largest absolute Gasteiger partial charge is 0.399 e. The number of rotatable bonds is 3. The van der Waals surface area contributed by atoms with Crippen molar-refractivity contribution in [3.05, 3.63) is 24.0 Å². The minimum atomic E-state index is -0.112. The number of aliphatic hydroxyl groups is 1. The first-order valence-electron chi connectivity index (χ1n) is 6.87. The van der Waals surface area contributed by atoms with E-state index in [1.807, 2.05) is 25.1 Å². The van der Waals surface area contributed by atoms with E-state index in [-0.39, 0.29) is 18.8 Å². The third-order valence-electron chi connectivity index (χ3n) is 3.53. The second kappa shape index (κ2) is 5.40. The summed E-state index contributed by atoms with van der Waals surface area (Å²) in [5.41, 5.74) is 8.38. The molecular formula is C14H20N4O2. The lowest BCUT2D eigenvalue weighted by molar-refractivity contribution is -0.0976. The number of nitrogens with two attached hydrogens (primary N) is 1. The number of anilines is 1. The Morgan fingerprint density at radius 3 is 3.15 bits per heavy atom. The zero-order chi connectivity index (χ0) is 14.1. The maximum Gasteiger partial charge on any atom is 0.121 e. The highest BCUT2D eigenvalue weighted by molar-refractivity contribution is 5.78. The van der Waals surface area contributed by atoms with Crippen molar-refractivity contribution < 1.29 is 9.84 Å². The molecule has 4 N–H and O–H groups in total. The highest BCUT2D eigenvalue weighted by atomic mass is 16.5. The number of aliphatic hydroxyl groups excluding tert-OH is 1. The first-order valence-corrected chi connectivity index (χ1v) is 6.87. The molecule has 1 aromatic heterocycles. The van der Waals surface area contributed by atoms with Crippen molar-refractivity contribution in [2.45, 2.75) is 25.7 Å². The molecular weight excluding hydrogens is 256 g/mol. The molecule has 1 aliphatic heterocycles. The molecule has 2 heterocycles. The topological polar surface area (TPSA) is 87.4 Å². The van der Waals surface area contributed by atoms with E-state index in [0.717, 1.165) is 42.2 Å². The lowest BCUT2D eigenvalue weighted by Crippen LogP contribution is -2.47. The first kappa shape index (κ1) is 13.4. The number of imidazole rings is 1. The predicted molar refractivity (Wildman–Crippen MR) is 77.2 cm³/mol. The molecule has 2 aromatic rings. The van der Waals surface area contributed by atoms with Crippen molar-refractivity contribution in [3.63, 3.8) is 0 Å². The van der Waals surface area contributed by atoms with Crippen molar-refractivity contribution in [3.8, 4) is 0 Å². The van der Waals surface area contributed by atoms with Gasteiger partial charge in [0.2, 0.25) is 0 Å². The molecule has 2 atom stereocenters. The zero-order valence-corrected chi connectivity index (χ0v) is 11.5. The summed E-state index contributed by atoms with van der Waals surface area (Å²) >= 11 is 0. The summed E-state index contributed by atoms with van der Waals surface area (Å²) in [7, 11) is 0. The highest BCUT2D eigenvalue weighted by Gasteiger charge is 2.25. The number of H-pyrrole nitrogens is 1. The maximum atomic E-state index is 9.25. The van der Waals surface area contributed by atoms with E-state index >= 15 is 0 Å². The molecule has 6 heteroatoms. The van der Waals surface area contributed by atoms with Crippen molar-refractivity contribution in [1.29, 1.82) is 0 Å². The molecule has 1 aromatic carbocycles. The van der Waals surface area contributed by atoms with Crippen LogP contribution in [0.15, 0.2) is 18.2 Å². The summed E-state index contributed by atoms with van der Waals surface area (Å²) in [5.74, 6) is 0.913. The van der Waals surface area contributed by atoms with Crippen LogP contribution >= 0.6 is 0 Å². The lowest BCUT2D eigenvalue weighted by Gasteiger charge is -2.35. The van der Waals surface area contributed by atoms with Crippen LogP contribution in [-0.2, 0) is 11.3 Å². The normalized spacial score (nSPS) is 24.3. The molecule has 6 nitrogen and oxygen atoms in total. The number of nitrogen functional groups attached to an aromatic ring is 1. The molecule has 1 saturated heterocycles. The Bertz CT molecular complexity index is 598. The number of morpholine rings is 1. The van der Waals surface area contributed by atoms with E-state index in [0.29, 0.717) is 0 Å². The average Bonchev–Trinajstić information content (AvgIpc) is 2.79. The van der Waals surface area contributed by atoms with Crippen molar-refractivity contribution in [2.24, 2.45) is 0 Å². The molecule has 2 unspecified atom stereocenters. The summed E-state index contributed by atoms with van der Waals surface area (Å²) in [4.78, 5) is 10.1. The molecule has 0 spiro atoms. The second-order valence-electron chi connectivity index (χ2n) is 5.41. The number of hydrogen-bond acceptors (Lipinski definition) is 5. The summed E-state index contributed by atoms with van der Waals surface area (Å²) in [6.45, 7) is 4.36. The number of aromatic amines is 1. The van der Waals surface area contributed by atoms with Gasteiger partial charge in [0.15, 0.2) is 0 Å². The van der Waals surface area contributed by atoms with Crippen LogP contribution in [0.5, 0.6) is 0 Å². The van der Waals surface area contributed by atoms with Crippen LogP contribution in [0.3, 0.4) is 0 Å². The Labute approximate surface area is 117 Å². The Kier molecular flexibility index (Phi) is 3.60. The average molecular weight is 276 g/mol. The summed E-state index contributed by atoms with van der Waals surface area (Å²) in [6.07, 6.45) is 0.0136. The summed E-state index contributed by atoms with van der Waals surface area (Å²) in [5, 5.41) is 9.25. The van der Waals surface area contributed by atoms with E-state index < -0.39 is 0 Å². The molecule has 0 aliphatic carbocycles. The van der Waals surface area contributed by atoms with Gasteiger partial charge < -0.3 is 20.6 Å². The quantitative estimate of drug-likeness (QED) is 0.719. The van der Waals surface area contributed by atoms with Gasteiger partial charge in [-0.1, -0.05) is 0 Å². The van der Waals surface area contributed by atoms with Gasteiger partial charge >= 0.3 is 0 Å². The number of nitrogens with one attached hydrogen (secondary N) is 1. The van der Waals surface area contributed by atoms with Crippen LogP contribution in [0.1, 0.15) is 12.7 Å². The Balaban J connectivity index is 1.75. The molecule has 108 valence electrons. The Morgan fingerprint density at radius 2 is 2.35 bits per heavy atom. The van der Waals surface area contributed by atoms with E-state index in [4.69, 9.17) is 10.5 Å². The van der Waals surface area contributed by atoms with Crippen molar-refractivity contribution >= 4 is 16.7 Å². The number of ether oxygens (including phenoxy) is 1. The number of hydrogen-bond donors (Lipinski definition) is 3. The summed E-state index contributed by atoms with van der Waals surface area (Å²) < 4.78 is 5.64. The second-order valence-corrected chi connectivity index (χ2v) is 5.41. The van der Waals surface area contributed by atoms with Crippen LogP contribution in [0.2, 0.25) is 0 Å². The van der Waals surface area contributed by atoms with Gasteiger partial charge in [-0.3, -0.25) is 4.90 Å². The lowest BCUT2D eigenvalue weighted by atomic mass is 10.2. The van der Waals surface area contributed by atoms with Crippen LogP contribution in [-0.4, -0.2) is 51.9 Å². The first-order chi connectivity index (χ1) is 9.64. The van der Waals surface area contributed by atoms with Crippen LogP contribution < -0.4 is 5.73 Å². The molecule has 0 amide bonds. The molecule has 0 radical (unpaired) electrons. The van der Waals surface area contributed by atoms with E-state index in [2.05, 4.69) is 14.9 Å². The number of nitrogens with zero attached hydrogens (tertiary/aromatic N) is 2. The minimum absolute atomic E-state index is 0.0531. The molecule has 20 heavy (non-hydrogen) atoms. The van der Waals surface area contributed by atoms with Gasteiger partial charge in [0.25, 0.3) is 0 Å².